The number of ether oxygens (including phenoxy) is 3. The zero-order valence-corrected chi connectivity index (χ0v) is 17.7. The first-order valence-electron chi connectivity index (χ1n) is 10.2. The first-order valence-corrected chi connectivity index (χ1v) is 10.2. The second-order valence-corrected chi connectivity index (χ2v) is 6.52. The van der Waals surface area contributed by atoms with E-state index >= 15 is 0 Å². The Hall–Kier alpha value is -3.80. The summed E-state index contributed by atoms with van der Waals surface area (Å²) in [6.07, 6.45) is 1.55. The zero-order valence-electron chi connectivity index (χ0n) is 17.7. The Bertz CT molecular complexity index is 1020. The minimum atomic E-state index is -0.352. The molecule has 0 unspecified atom stereocenters. The highest BCUT2D eigenvalue weighted by Gasteiger charge is 2.08. The number of hydrogen-bond acceptors (Lipinski definition) is 5. The number of rotatable bonds is 10. The molecule has 0 bridgehead atoms. The van der Waals surface area contributed by atoms with Gasteiger partial charge in [-0.2, -0.15) is 5.10 Å². The van der Waals surface area contributed by atoms with Crippen molar-refractivity contribution < 1.29 is 19.0 Å². The van der Waals surface area contributed by atoms with E-state index in [2.05, 4.69) is 10.5 Å². The molecule has 6 nitrogen and oxygen atoms in total. The van der Waals surface area contributed by atoms with E-state index in [1.165, 1.54) is 0 Å². The minimum Gasteiger partial charge on any atom is -0.490 e. The molecule has 0 aliphatic carbocycles. The number of nitrogens with one attached hydrogen (secondary N) is 1. The van der Waals surface area contributed by atoms with Gasteiger partial charge in [-0.15, -0.1) is 0 Å². The van der Waals surface area contributed by atoms with Crippen molar-refractivity contribution in [3.8, 4) is 28.4 Å². The van der Waals surface area contributed by atoms with Crippen LogP contribution in [0.25, 0.3) is 11.1 Å². The number of hydrogen-bond donors (Lipinski definition) is 1. The van der Waals surface area contributed by atoms with Gasteiger partial charge in [0.1, 0.15) is 5.75 Å². The van der Waals surface area contributed by atoms with E-state index in [0.717, 1.165) is 16.7 Å². The molecule has 0 saturated heterocycles. The molecule has 3 aromatic carbocycles. The van der Waals surface area contributed by atoms with Crippen LogP contribution in [0.5, 0.6) is 17.2 Å². The zero-order chi connectivity index (χ0) is 21.9. The van der Waals surface area contributed by atoms with Crippen LogP contribution in [0, 0.1) is 0 Å². The summed E-state index contributed by atoms with van der Waals surface area (Å²) in [4.78, 5) is 12.2. The van der Waals surface area contributed by atoms with Gasteiger partial charge in [0.25, 0.3) is 5.91 Å². The third kappa shape index (κ3) is 6.34. The van der Waals surface area contributed by atoms with E-state index in [1.807, 2.05) is 86.6 Å². The van der Waals surface area contributed by atoms with Crippen molar-refractivity contribution in [3.05, 3.63) is 78.4 Å². The lowest BCUT2D eigenvalue weighted by Crippen LogP contribution is -2.24. The molecule has 31 heavy (non-hydrogen) atoms. The molecule has 0 aliphatic rings. The van der Waals surface area contributed by atoms with E-state index in [0.29, 0.717) is 30.5 Å². The quantitative estimate of drug-likeness (QED) is 0.383. The lowest BCUT2D eigenvalue weighted by Gasteiger charge is -2.11. The molecule has 160 valence electrons. The molecule has 0 spiro atoms. The largest absolute Gasteiger partial charge is 0.490 e. The summed E-state index contributed by atoms with van der Waals surface area (Å²) in [5.41, 5.74) is 5.22. The second kappa shape index (κ2) is 11.4. The number of amides is 1. The van der Waals surface area contributed by atoms with Crippen LogP contribution in [-0.4, -0.2) is 31.9 Å². The van der Waals surface area contributed by atoms with Crippen molar-refractivity contribution in [1.82, 2.24) is 5.43 Å². The molecule has 0 aliphatic heterocycles. The molecule has 0 atom stereocenters. The van der Waals surface area contributed by atoms with Crippen molar-refractivity contribution in [3.63, 3.8) is 0 Å². The number of carbonyl (C=O) groups excluding carboxylic acids is 1. The van der Waals surface area contributed by atoms with Crippen molar-refractivity contribution in [2.75, 3.05) is 19.8 Å². The average molecular weight is 418 g/mol. The molecular weight excluding hydrogens is 392 g/mol. The third-order valence-electron chi connectivity index (χ3n) is 4.30. The smallest absolute Gasteiger partial charge is 0.277 e. The molecule has 6 heteroatoms. The van der Waals surface area contributed by atoms with Crippen molar-refractivity contribution in [2.45, 2.75) is 13.8 Å². The average Bonchev–Trinajstić information content (AvgIpc) is 2.80. The third-order valence-corrected chi connectivity index (χ3v) is 4.30. The van der Waals surface area contributed by atoms with E-state index in [4.69, 9.17) is 14.2 Å². The normalized spacial score (nSPS) is 10.6. The molecule has 1 N–H and O–H groups in total. The summed E-state index contributed by atoms with van der Waals surface area (Å²) in [6, 6.07) is 23.0. The van der Waals surface area contributed by atoms with Crippen LogP contribution in [0.15, 0.2) is 77.9 Å². The van der Waals surface area contributed by atoms with Crippen molar-refractivity contribution in [2.24, 2.45) is 5.10 Å². The van der Waals surface area contributed by atoms with E-state index in [-0.39, 0.29) is 12.5 Å². The summed E-state index contributed by atoms with van der Waals surface area (Å²) in [7, 11) is 0. The molecule has 0 fully saturated rings. The standard InChI is InChI=1S/C25H26N2O4/c1-3-29-23-15-14-19(16-24(23)30-4-2)17-26-27-25(28)18-31-22-13-9-8-12-21(22)20-10-6-5-7-11-20/h5-17H,3-4,18H2,1-2H3,(H,27,28)/b26-17+. The highest BCUT2D eigenvalue weighted by Crippen LogP contribution is 2.29. The van der Waals surface area contributed by atoms with Crippen LogP contribution >= 0.6 is 0 Å². The highest BCUT2D eigenvalue weighted by molar-refractivity contribution is 5.84. The van der Waals surface area contributed by atoms with E-state index in [9.17, 15) is 4.79 Å². The van der Waals surface area contributed by atoms with Gasteiger partial charge >= 0.3 is 0 Å². The number of carbonyl (C=O) groups is 1. The van der Waals surface area contributed by atoms with E-state index in [1.54, 1.807) is 6.21 Å². The summed E-state index contributed by atoms with van der Waals surface area (Å²) in [6.45, 7) is 4.76. The van der Waals surface area contributed by atoms with Gasteiger partial charge in [0.15, 0.2) is 18.1 Å². The van der Waals surface area contributed by atoms with Crippen LogP contribution in [0.2, 0.25) is 0 Å². The molecule has 0 saturated carbocycles. The Morgan fingerprint density at radius 1 is 0.839 bits per heavy atom. The van der Waals surface area contributed by atoms with Gasteiger partial charge < -0.3 is 14.2 Å². The Labute approximate surface area is 182 Å². The number of hydrazone groups is 1. The molecule has 0 radical (unpaired) electrons. The molecule has 0 aromatic heterocycles. The number of para-hydroxylation sites is 1. The van der Waals surface area contributed by atoms with Crippen LogP contribution in [0.1, 0.15) is 19.4 Å². The summed E-state index contributed by atoms with van der Waals surface area (Å²) >= 11 is 0. The van der Waals surface area contributed by atoms with Crippen LogP contribution in [0.4, 0.5) is 0 Å². The van der Waals surface area contributed by atoms with Gasteiger partial charge in [0, 0.05) is 5.56 Å². The molecule has 0 heterocycles. The summed E-state index contributed by atoms with van der Waals surface area (Å²) in [5.74, 6) is 1.60. The van der Waals surface area contributed by atoms with Gasteiger partial charge in [0.05, 0.1) is 19.4 Å². The lowest BCUT2D eigenvalue weighted by molar-refractivity contribution is -0.123. The fraction of sp³-hybridized carbons (Fsp3) is 0.200. The second-order valence-electron chi connectivity index (χ2n) is 6.52. The first kappa shape index (κ1) is 21.9. The molecule has 3 aromatic rings. The van der Waals surface area contributed by atoms with Gasteiger partial charge in [-0.3, -0.25) is 4.79 Å². The first-order chi connectivity index (χ1) is 15.2. The highest BCUT2D eigenvalue weighted by atomic mass is 16.5. The monoisotopic (exact) mass is 418 g/mol. The lowest BCUT2D eigenvalue weighted by atomic mass is 10.1. The Morgan fingerprint density at radius 2 is 1.55 bits per heavy atom. The molecule has 1 amide bonds. The van der Waals surface area contributed by atoms with Gasteiger partial charge in [-0.1, -0.05) is 48.5 Å². The maximum atomic E-state index is 12.2. The van der Waals surface area contributed by atoms with Crippen LogP contribution in [0.3, 0.4) is 0 Å². The van der Waals surface area contributed by atoms with Crippen LogP contribution < -0.4 is 19.6 Å². The fourth-order valence-electron chi connectivity index (χ4n) is 2.95. The Morgan fingerprint density at radius 3 is 2.32 bits per heavy atom. The summed E-state index contributed by atoms with van der Waals surface area (Å²) < 4.78 is 16.9. The maximum absolute atomic E-state index is 12.2. The Balaban J connectivity index is 1.58. The fourth-order valence-corrected chi connectivity index (χ4v) is 2.95. The molecular formula is C25H26N2O4. The maximum Gasteiger partial charge on any atom is 0.277 e. The minimum absolute atomic E-state index is 0.144. The number of nitrogens with zero attached hydrogens (tertiary/aromatic N) is 1. The van der Waals surface area contributed by atoms with Crippen molar-refractivity contribution >= 4 is 12.1 Å². The predicted octanol–water partition coefficient (Wildman–Crippen LogP) is 4.68. The van der Waals surface area contributed by atoms with Crippen LogP contribution in [-0.2, 0) is 4.79 Å². The van der Waals surface area contributed by atoms with Crippen molar-refractivity contribution in [1.29, 1.82) is 0 Å². The summed E-state index contributed by atoms with van der Waals surface area (Å²) in [5, 5.41) is 4.01. The SMILES string of the molecule is CCOc1ccc(/C=N/NC(=O)COc2ccccc2-c2ccccc2)cc1OCC. The molecule has 3 rings (SSSR count). The van der Waals surface area contributed by atoms with Gasteiger partial charge in [-0.05, 0) is 49.2 Å². The predicted molar refractivity (Wildman–Crippen MR) is 122 cm³/mol. The topological polar surface area (TPSA) is 69.2 Å². The van der Waals surface area contributed by atoms with E-state index < -0.39 is 0 Å². The number of benzene rings is 3. The van der Waals surface area contributed by atoms with Gasteiger partial charge in [0.2, 0.25) is 0 Å². The Kier molecular flexibility index (Phi) is 8.05. The van der Waals surface area contributed by atoms with Gasteiger partial charge in [-0.25, -0.2) is 5.43 Å².